The predicted molar refractivity (Wildman–Crippen MR) is 62.1 cm³/mol. The third-order valence-corrected chi connectivity index (χ3v) is 3.19. The van der Waals surface area contributed by atoms with E-state index in [-0.39, 0.29) is 5.91 Å². The second-order valence-electron chi connectivity index (χ2n) is 3.59. The van der Waals surface area contributed by atoms with Gasteiger partial charge in [0, 0.05) is 6.04 Å². The van der Waals surface area contributed by atoms with Crippen LogP contribution in [0.4, 0.5) is 0 Å². The van der Waals surface area contributed by atoms with Gasteiger partial charge in [-0.05, 0) is 25.8 Å². The van der Waals surface area contributed by atoms with E-state index >= 15 is 0 Å². The van der Waals surface area contributed by atoms with Crippen molar-refractivity contribution < 1.29 is 4.79 Å². The van der Waals surface area contributed by atoms with E-state index in [0.29, 0.717) is 16.5 Å². The molecule has 1 fully saturated rings. The van der Waals surface area contributed by atoms with Crippen LogP contribution in [-0.4, -0.2) is 11.9 Å². The first-order valence-corrected chi connectivity index (χ1v) is 5.83. The largest absolute Gasteiger partial charge is 0.349 e. The van der Waals surface area contributed by atoms with Crippen molar-refractivity contribution in [1.29, 1.82) is 5.26 Å². The summed E-state index contributed by atoms with van der Waals surface area (Å²) in [6.07, 6.45) is 2.08. The Morgan fingerprint density at radius 1 is 1.62 bits per heavy atom. The van der Waals surface area contributed by atoms with Gasteiger partial charge in [-0.2, -0.15) is 5.26 Å². The predicted octanol–water partition coefficient (Wildman–Crippen LogP) is 1.88. The van der Waals surface area contributed by atoms with Crippen LogP contribution in [-0.2, 0) is 0 Å². The van der Waals surface area contributed by atoms with Crippen molar-refractivity contribution >= 4 is 17.2 Å². The van der Waals surface area contributed by atoms with E-state index in [9.17, 15) is 4.79 Å². The Labute approximate surface area is 98.1 Å². The summed E-state index contributed by atoms with van der Waals surface area (Å²) in [5.41, 5.74) is 0.456. The summed E-state index contributed by atoms with van der Waals surface area (Å²) in [5, 5.41) is 11.8. The molecular formula is C12H10N2OS. The molecule has 1 aromatic heterocycles. The fraction of sp³-hybridized carbons (Fsp3) is 0.333. The maximum absolute atomic E-state index is 11.8. The van der Waals surface area contributed by atoms with E-state index in [0.717, 1.165) is 17.7 Å². The van der Waals surface area contributed by atoms with Crippen molar-refractivity contribution in [2.45, 2.75) is 25.8 Å². The first-order valence-electron chi connectivity index (χ1n) is 5.02. The number of nitrogens with one attached hydrogen (secondary N) is 1. The van der Waals surface area contributed by atoms with E-state index in [1.54, 1.807) is 13.0 Å². The Morgan fingerprint density at radius 2 is 2.38 bits per heavy atom. The summed E-state index contributed by atoms with van der Waals surface area (Å²) in [4.78, 5) is 13.0. The molecule has 16 heavy (non-hydrogen) atoms. The van der Waals surface area contributed by atoms with Gasteiger partial charge in [0.1, 0.15) is 10.9 Å². The Kier molecular flexibility index (Phi) is 2.94. The molecule has 0 atom stereocenters. The Hall–Kier alpha value is -1.78. The third-order valence-electron chi connectivity index (χ3n) is 2.24. The quantitative estimate of drug-likeness (QED) is 0.789. The lowest BCUT2D eigenvalue weighted by Gasteiger charge is -1.99. The van der Waals surface area contributed by atoms with Gasteiger partial charge in [0.05, 0.1) is 10.4 Å². The molecule has 0 bridgehead atoms. The molecule has 2 rings (SSSR count). The smallest absolute Gasteiger partial charge is 0.253 e. The van der Waals surface area contributed by atoms with Crippen LogP contribution in [0.3, 0.4) is 0 Å². The maximum Gasteiger partial charge on any atom is 0.253 e. The molecule has 0 spiro atoms. The molecule has 0 aliphatic heterocycles. The lowest BCUT2D eigenvalue weighted by atomic mass is 10.2. The van der Waals surface area contributed by atoms with E-state index in [1.807, 2.05) is 6.07 Å². The Balaban J connectivity index is 2.26. The number of carbonyl (C=O) groups excluding carboxylic acids is 1. The second kappa shape index (κ2) is 4.38. The second-order valence-corrected chi connectivity index (χ2v) is 4.64. The van der Waals surface area contributed by atoms with E-state index in [1.165, 1.54) is 11.3 Å². The van der Waals surface area contributed by atoms with E-state index < -0.39 is 0 Å². The molecular weight excluding hydrogens is 220 g/mol. The van der Waals surface area contributed by atoms with Crippen LogP contribution in [0.1, 0.15) is 39.9 Å². The lowest BCUT2D eigenvalue weighted by Crippen LogP contribution is -2.25. The van der Waals surface area contributed by atoms with Crippen molar-refractivity contribution in [3.05, 3.63) is 21.4 Å². The molecule has 1 aliphatic rings. The first-order chi connectivity index (χ1) is 7.74. The number of amides is 1. The van der Waals surface area contributed by atoms with Crippen LogP contribution in [0.25, 0.3) is 0 Å². The first kappa shape index (κ1) is 10.7. The molecule has 0 aromatic carbocycles. The highest BCUT2D eigenvalue weighted by molar-refractivity contribution is 7.13. The topological polar surface area (TPSA) is 52.9 Å². The summed E-state index contributed by atoms with van der Waals surface area (Å²) in [6.45, 7) is 1.73. The summed E-state index contributed by atoms with van der Waals surface area (Å²) in [5.74, 6) is 5.47. The van der Waals surface area contributed by atoms with Crippen LogP contribution in [0, 0.1) is 23.2 Å². The fourth-order valence-electron chi connectivity index (χ4n) is 1.32. The van der Waals surface area contributed by atoms with Gasteiger partial charge in [-0.3, -0.25) is 4.79 Å². The fourth-order valence-corrected chi connectivity index (χ4v) is 2.18. The van der Waals surface area contributed by atoms with Crippen molar-refractivity contribution in [2.75, 3.05) is 0 Å². The molecule has 1 aromatic rings. The third kappa shape index (κ3) is 2.24. The van der Waals surface area contributed by atoms with Crippen LogP contribution in [0.15, 0.2) is 6.07 Å². The van der Waals surface area contributed by atoms with E-state index in [4.69, 9.17) is 5.26 Å². The molecule has 0 radical (unpaired) electrons. The minimum atomic E-state index is -0.153. The normalized spacial score (nSPS) is 13.5. The van der Waals surface area contributed by atoms with Crippen LogP contribution in [0.5, 0.6) is 0 Å². The van der Waals surface area contributed by atoms with Gasteiger partial charge in [0.25, 0.3) is 5.91 Å². The maximum atomic E-state index is 11.8. The standard InChI is InChI=1S/C12H10N2OS/c1-2-3-9-6-10(11(7-13)16-9)12(15)14-8-4-5-8/h6,8H,4-5H2,1H3,(H,14,15). The molecule has 1 heterocycles. The molecule has 80 valence electrons. The van der Waals surface area contributed by atoms with Crippen molar-refractivity contribution in [1.82, 2.24) is 5.32 Å². The number of hydrogen-bond acceptors (Lipinski definition) is 3. The van der Waals surface area contributed by atoms with Crippen molar-refractivity contribution in [3.63, 3.8) is 0 Å². The van der Waals surface area contributed by atoms with Gasteiger partial charge < -0.3 is 5.32 Å². The molecule has 1 aliphatic carbocycles. The lowest BCUT2D eigenvalue weighted by molar-refractivity contribution is 0.0951. The average molecular weight is 230 g/mol. The summed E-state index contributed by atoms with van der Waals surface area (Å²) >= 11 is 1.26. The number of nitriles is 1. The van der Waals surface area contributed by atoms with Gasteiger partial charge in [0.2, 0.25) is 0 Å². The average Bonchev–Trinajstić information content (AvgIpc) is 2.97. The van der Waals surface area contributed by atoms with Crippen LogP contribution >= 0.6 is 11.3 Å². The van der Waals surface area contributed by atoms with Gasteiger partial charge in [-0.1, -0.05) is 5.92 Å². The van der Waals surface area contributed by atoms with E-state index in [2.05, 4.69) is 17.2 Å². The Bertz CT molecular complexity index is 523. The number of hydrogen-bond donors (Lipinski definition) is 1. The summed E-state index contributed by atoms with van der Waals surface area (Å²) in [7, 11) is 0. The highest BCUT2D eigenvalue weighted by atomic mass is 32.1. The van der Waals surface area contributed by atoms with Crippen molar-refractivity contribution in [2.24, 2.45) is 0 Å². The molecule has 4 heteroatoms. The van der Waals surface area contributed by atoms with Gasteiger partial charge in [0.15, 0.2) is 0 Å². The number of carbonyl (C=O) groups is 1. The molecule has 1 N–H and O–H groups in total. The zero-order valence-corrected chi connectivity index (χ0v) is 9.65. The van der Waals surface area contributed by atoms with Gasteiger partial charge >= 0.3 is 0 Å². The zero-order chi connectivity index (χ0) is 11.5. The number of nitrogens with zero attached hydrogens (tertiary/aromatic N) is 1. The molecule has 1 saturated carbocycles. The molecule has 0 saturated heterocycles. The monoisotopic (exact) mass is 230 g/mol. The number of rotatable bonds is 2. The molecule has 0 unspecified atom stereocenters. The zero-order valence-electron chi connectivity index (χ0n) is 8.83. The Morgan fingerprint density at radius 3 is 2.94 bits per heavy atom. The highest BCUT2D eigenvalue weighted by Crippen LogP contribution is 2.24. The highest BCUT2D eigenvalue weighted by Gasteiger charge is 2.25. The summed E-state index contributed by atoms with van der Waals surface area (Å²) < 4.78 is 0. The van der Waals surface area contributed by atoms with Crippen LogP contribution < -0.4 is 5.32 Å². The van der Waals surface area contributed by atoms with Crippen molar-refractivity contribution in [3.8, 4) is 17.9 Å². The van der Waals surface area contributed by atoms with Crippen LogP contribution in [0.2, 0.25) is 0 Å². The SMILES string of the molecule is CC#Cc1cc(C(=O)NC2CC2)c(C#N)s1. The molecule has 3 nitrogen and oxygen atoms in total. The van der Waals surface area contributed by atoms with Gasteiger partial charge in [-0.15, -0.1) is 17.3 Å². The minimum Gasteiger partial charge on any atom is -0.349 e. The summed E-state index contributed by atoms with van der Waals surface area (Å²) in [6, 6.07) is 4.04. The van der Waals surface area contributed by atoms with Gasteiger partial charge in [-0.25, -0.2) is 0 Å². The number of thiophene rings is 1. The molecule has 1 amide bonds. The minimum absolute atomic E-state index is 0.153.